The first kappa shape index (κ1) is 38.8. The van der Waals surface area contributed by atoms with E-state index in [1.165, 1.54) is 33.0 Å². The third-order valence-corrected chi connectivity index (χ3v) is 12.1. The van der Waals surface area contributed by atoms with Crippen molar-refractivity contribution in [3.8, 4) is 33.6 Å². The number of pyridine rings is 2. The maximum atomic E-state index is 5.93. The van der Waals surface area contributed by atoms with Crippen molar-refractivity contribution in [2.24, 2.45) is 0 Å². The average molecular weight is 899 g/mol. The van der Waals surface area contributed by atoms with Crippen LogP contribution in [-0.4, -0.2) is 18.0 Å². The Labute approximate surface area is 334 Å². The fourth-order valence-corrected chi connectivity index (χ4v) is 8.63. The molecule has 3 nitrogen and oxygen atoms in total. The first-order valence-corrected chi connectivity index (χ1v) is 21.9. The van der Waals surface area contributed by atoms with E-state index in [4.69, 9.17) is 9.40 Å². The van der Waals surface area contributed by atoms with E-state index in [9.17, 15) is 0 Å². The first-order valence-electron chi connectivity index (χ1n) is 18.4. The summed E-state index contributed by atoms with van der Waals surface area (Å²) in [5.74, 6) is 0.501. The summed E-state index contributed by atoms with van der Waals surface area (Å²) in [6.45, 7) is 16.2. The Morgan fingerprint density at radius 2 is 1.30 bits per heavy atom. The topological polar surface area (TPSA) is 38.9 Å². The molecule has 0 amide bonds. The molecule has 0 saturated heterocycles. The Balaban J connectivity index is 0.000000182. The number of benzene rings is 5. The Morgan fingerprint density at radius 3 is 2.02 bits per heavy atom. The monoisotopic (exact) mass is 899 g/mol. The maximum Gasteiger partial charge on any atom is 0.120 e. The molecule has 5 heteroatoms. The number of rotatable bonds is 7. The van der Waals surface area contributed by atoms with Crippen molar-refractivity contribution < 1.29 is 24.5 Å². The minimum atomic E-state index is -1.40. The largest absolute Gasteiger partial charge is 0.500 e. The number of para-hydroxylation sites is 1. The Hall–Kier alpha value is -4.93. The van der Waals surface area contributed by atoms with Crippen LogP contribution in [0.2, 0.25) is 19.6 Å². The third kappa shape index (κ3) is 8.24. The van der Waals surface area contributed by atoms with E-state index in [0.29, 0.717) is 5.92 Å². The van der Waals surface area contributed by atoms with Crippen LogP contribution in [0.5, 0.6) is 0 Å². The van der Waals surface area contributed by atoms with E-state index in [-0.39, 0.29) is 25.5 Å². The number of aromatic nitrogens is 2. The number of nitrogens with zero attached hydrogens (tertiary/aromatic N) is 2. The number of furan rings is 1. The van der Waals surface area contributed by atoms with Crippen LogP contribution in [-0.2, 0) is 25.5 Å². The van der Waals surface area contributed by atoms with Crippen LogP contribution in [0, 0.1) is 12.1 Å². The van der Waals surface area contributed by atoms with Gasteiger partial charge in [0.25, 0.3) is 0 Å². The maximum absolute atomic E-state index is 5.93. The predicted molar refractivity (Wildman–Crippen MR) is 225 cm³/mol. The molecule has 1 radical (unpaired) electrons. The molecule has 0 saturated carbocycles. The van der Waals surface area contributed by atoms with Gasteiger partial charge in [0.1, 0.15) is 5.58 Å². The van der Waals surface area contributed by atoms with E-state index >= 15 is 0 Å². The van der Waals surface area contributed by atoms with Gasteiger partial charge in [0, 0.05) is 43.3 Å². The van der Waals surface area contributed by atoms with E-state index in [2.05, 4.69) is 168 Å². The van der Waals surface area contributed by atoms with Gasteiger partial charge in [-0.1, -0.05) is 149 Å². The molecule has 3 heterocycles. The Morgan fingerprint density at radius 1 is 0.630 bits per heavy atom. The van der Waals surface area contributed by atoms with Crippen molar-refractivity contribution >= 4 is 35.2 Å². The molecule has 0 spiro atoms. The first-order chi connectivity index (χ1) is 25.5. The zero-order valence-corrected chi connectivity index (χ0v) is 35.5. The summed E-state index contributed by atoms with van der Waals surface area (Å²) in [6, 6.07) is 52.8. The molecule has 8 aromatic rings. The quantitative estimate of drug-likeness (QED) is 0.118. The van der Waals surface area contributed by atoms with Crippen molar-refractivity contribution in [1.82, 2.24) is 9.97 Å². The molecular formula is C49H46IrN2OSi-2. The molecule has 0 aliphatic heterocycles. The molecule has 0 aliphatic rings. The standard InChI is InChI=1S/C26H20NO.C23H26NSi.Ir/c1-26(2,19-8-4-3-5-9-19)20-14-15-27-23(17-20)18-12-13-25-22(16-18)21-10-6-7-11-24(21)28-25;1-17(2)21-15-22(24-16-23(21)25(3,4)5)20-13-9-12-19(14-20)18-10-7-6-8-11-18;/h3-11,13-17H,1-2H3;6-12,14-17H,1-5H3;/q2*-1;. The molecule has 0 N–H and O–H groups in total. The van der Waals surface area contributed by atoms with Crippen LogP contribution < -0.4 is 5.19 Å². The normalized spacial score (nSPS) is 11.6. The van der Waals surface area contributed by atoms with Gasteiger partial charge in [0.2, 0.25) is 0 Å². The van der Waals surface area contributed by atoms with Crippen molar-refractivity contribution in [2.75, 3.05) is 0 Å². The van der Waals surface area contributed by atoms with Crippen LogP contribution >= 0.6 is 0 Å². The molecular weight excluding hydrogens is 853 g/mol. The molecule has 0 atom stereocenters. The second-order valence-electron chi connectivity index (χ2n) is 15.6. The zero-order valence-electron chi connectivity index (χ0n) is 32.1. The van der Waals surface area contributed by atoms with Gasteiger partial charge in [0.05, 0.1) is 13.7 Å². The van der Waals surface area contributed by atoms with Gasteiger partial charge < -0.3 is 14.4 Å². The SMILES string of the molecule is CC(C)(c1ccccc1)c1ccnc(-c2[c-]cc3oc4ccccc4c3c2)c1.CC(C)c1cc(-c2[c-]ccc(-c3ccccc3)c2)ncc1[Si](C)(C)C.[Ir]. The Bertz CT molecular complexity index is 2500. The fourth-order valence-electron chi connectivity index (χ4n) is 6.95. The van der Waals surface area contributed by atoms with Crippen LogP contribution in [0.15, 0.2) is 150 Å². The van der Waals surface area contributed by atoms with Gasteiger partial charge in [-0.15, -0.1) is 59.2 Å². The van der Waals surface area contributed by atoms with Crippen LogP contribution in [0.25, 0.3) is 55.6 Å². The summed E-state index contributed by atoms with van der Waals surface area (Å²) in [7, 11) is -1.40. The fraction of sp³-hybridized carbons (Fsp3) is 0.184. The molecule has 273 valence electrons. The van der Waals surface area contributed by atoms with Crippen LogP contribution in [0.1, 0.15) is 50.3 Å². The minimum Gasteiger partial charge on any atom is -0.500 e. The van der Waals surface area contributed by atoms with E-state index in [1.807, 2.05) is 42.6 Å². The van der Waals surface area contributed by atoms with Crippen LogP contribution in [0.3, 0.4) is 0 Å². The molecule has 8 rings (SSSR count). The number of fused-ring (bicyclic) bond motifs is 3. The van der Waals surface area contributed by atoms with Crippen molar-refractivity contribution in [2.45, 2.75) is 58.7 Å². The summed E-state index contributed by atoms with van der Waals surface area (Å²) in [6.07, 6.45) is 4.00. The van der Waals surface area contributed by atoms with Crippen molar-refractivity contribution in [3.63, 3.8) is 0 Å². The second kappa shape index (κ2) is 16.2. The zero-order chi connectivity index (χ0) is 37.2. The van der Waals surface area contributed by atoms with Gasteiger partial charge in [-0.05, 0) is 51.3 Å². The molecule has 5 aromatic carbocycles. The van der Waals surface area contributed by atoms with E-state index < -0.39 is 8.07 Å². The van der Waals surface area contributed by atoms with Gasteiger partial charge in [-0.3, -0.25) is 0 Å². The minimum absolute atomic E-state index is 0. The van der Waals surface area contributed by atoms with E-state index in [0.717, 1.165) is 44.5 Å². The van der Waals surface area contributed by atoms with Crippen molar-refractivity contribution in [3.05, 3.63) is 175 Å². The molecule has 0 fully saturated rings. The molecule has 0 aliphatic carbocycles. The average Bonchev–Trinajstić information content (AvgIpc) is 3.56. The summed E-state index contributed by atoms with van der Waals surface area (Å²) in [5, 5.41) is 3.68. The summed E-state index contributed by atoms with van der Waals surface area (Å²) in [4.78, 5) is 9.42. The summed E-state index contributed by atoms with van der Waals surface area (Å²) in [5.41, 5.74) is 12.0. The Kier molecular flexibility index (Phi) is 11.6. The number of hydrogen-bond acceptors (Lipinski definition) is 3. The smallest absolute Gasteiger partial charge is 0.120 e. The molecule has 0 bridgehead atoms. The van der Waals surface area contributed by atoms with Gasteiger partial charge in [-0.2, -0.15) is 0 Å². The molecule has 0 unspecified atom stereocenters. The van der Waals surface area contributed by atoms with Gasteiger partial charge >= 0.3 is 0 Å². The summed E-state index contributed by atoms with van der Waals surface area (Å²) >= 11 is 0. The van der Waals surface area contributed by atoms with Crippen LogP contribution in [0.4, 0.5) is 0 Å². The van der Waals surface area contributed by atoms with Gasteiger partial charge in [-0.25, -0.2) is 0 Å². The number of hydrogen-bond donors (Lipinski definition) is 0. The molecule has 54 heavy (non-hydrogen) atoms. The summed E-state index contributed by atoms with van der Waals surface area (Å²) < 4.78 is 5.93. The second-order valence-corrected chi connectivity index (χ2v) is 20.6. The predicted octanol–water partition coefficient (Wildman–Crippen LogP) is 12.7. The van der Waals surface area contributed by atoms with Crippen molar-refractivity contribution in [1.29, 1.82) is 0 Å². The van der Waals surface area contributed by atoms with Gasteiger partial charge in [0.15, 0.2) is 0 Å². The van der Waals surface area contributed by atoms with E-state index in [1.54, 1.807) is 0 Å². The molecule has 3 aromatic heterocycles. The third-order valence-electron chi connectivity index (χ3n) is 10.1.